The Labute approximate surface area is 150 Å². The van der Waals surface area contributed by atoms with Gasteiger partial charge in [0.25, 0.3) is 0 Å². The average Bonchev–Trinajstić information content (AvgIpc) is 2.95. The van der Waals surface area contributed by atoms with Gasteiger partial charge in [-0.1, -0.05) is 34.6 Å². The van der Waals surface area contributed by atoms with Gasteiger partial charge in [0, 0.05) is 53.5 Å². The minimum atomic E-state index is 1.09. The summed E-state index contributed by atoms with van der Waals surface area (Å²) in [5.41, 5.74) is 2.66. The zero-order valence-corrected chi connectivity index (χ0v) is 15.6. The van der Waals surface area contributed by atoms with Crippen LogP contribution in [0.5, 0.6) is 0 Å². The Morgan fingerprint density at radius 3 is 2.74 bits per heavy atom. The van der Waals surface area contributed by atoms with E-state index < -0.39 is 0 Å². The van der Waals surface area contributed by atoms with Gasteiger partial charge in [-0.3, -0.25) is 0 Å². The second-order valence-electron chi connectivity index (χ2n) is 5.93. The number of nitrogens with zero attached hydrogens (tertiary/aromatic N) is 3. The molecule has 0 amide bonds. The highest BCUT2D eigenvalue weighted by atomic mass is 79.9. The topological polar surface area (TPSA) is 11.4 Å². The Morgan fingerprint density at radius 1 is 1.13 bits per heavy atom. The van der Waals surface area contributed by atoms with Crippen molar-refractivity contribution in [3.63, 3.8) is 0 Å². The van der Waals surface area contributed by atoms with Crippen molar-refractivity contribution in [3.05, 3.63) is 46.6 Å². The van der Waals surface area contributed by atoms with Gasteiger partial charge in [0.15, 0.2) is 0 Å². The van der Waals surface area contributed by atoms with Crippen molar-refractivity contribution in [2.45, 2.75) is 16.8 Å². The highest BCUT2D eigenvalue weighted by molar-refractivity contribution is 9.10. The predicted octanol–water partition coefficient (Wildman–Crippen LogP) is 4.31. The van der Waals surface area contributed by atoms with E-state index in [0.29, 0.717) is 0 Å². The number of rotatable bonds is 2. The molecule has 1 saturated heterocycles. The fourth-order valence-corrected chi connectivity index (χ4v) is 4.59. The molecular formula is C18H20BrN3S. The highest BCUT2D eigenvalue weighted by Crippen LogP contribution is 2.40. The van der Waals surface area contributed by atoms with Crippen LogP contribution >= 0.6 is 27.7 Å². The third-order valence-electron chi connectivity index (χ3n) is 4.59. The first-order chi connectivity index (χ1) is 11.2. The van der Waals surface area contributed by atoms with Crippen molar-refractivity contribution in [1.29, 1.82) is 0 Å². The molecule has 1 fully saturated rings. The van der Waals surface area contributed by atoms with Gasteiger partial charge in [0.05, 0.1) is 10.7 Å². The predicted molar refractivity (Wildman–Crippen MR) is 101 cm³/mol. The summed E-state index contributed by atoms with van der Waals surface area (Å²) in [5.74, 6) is 0. The molecule has 0 atom stereocenters. The van der Waals surface area contributed by atoms with Gasteiger partial charge in [-0.15, -0.1) is 0 Å². The summed E-state index contributed by atoms with van der Waals surface area (Å²) in [5, 5.41) is 1.27. The summed E-state index contributed by atoms with van der Waals surface area (Å²) >= 11 is 5.49. The van der Waals surface area contributed by atoms with E-state index in [1.807, 2.05) is 11.8 Å². The Bertz CT molecular complexity index is 744. The number of fused-ring (bicyclic) bond motifs is 2. The van der Waals surface area contributed by atoms with Crippen LogP contribution in [0, 0.1) is 0 Å². The lowest BCUT2D eigenvalue weighted by Gasteiger charge is -2.37. The van der Waals surface area contributed by atoms with Crippen molar-refractivity contribution >= 4 is 39.6 Å². The van der Waals surface area contributed by atoms with E-state index in [1.54, 1.807) is 0 Å². The SMILES string of the molecule is CCN1CCN(C2=Cn3cccc3Sc3ccc(Br)cc32)CC1. The zero-order valence-electron chi connectivity index (χ0n) is 13.2. The molecule has 23 heavy (non-hydrogen) atoms. The van der Waals surface area contributed by atoms with Crippen LogP contribution in [-0.4, -0.2) is 47.1 Å². The number of hydrogen-bond acceptors (Lipinski definition) is 3. The number of likely N-dealkylation sites (N-methyl/N-ethyl adjacent to an activating group) is 1. The number of hydrogen-bond donors (Lipinski definition) is 0. The van der Waals surface area contributed by atoms with Gasteiger partial charge >= 0.3 is 0 Å². The number of benzene rings is 1. The van der Waals surface area contributed by atoms with Crippen molar-refractivity contribution in [2.24, 2.45) is 0 Å². The van der Waals surface area contributed by atoms with Crippen LogP contribution in [0.15, 0.2) is 50.9 Å². The van der Waals surface area contributed by atoms with E-state index >= 15 is 0 Å². The molecule has 0 spiro atoms. The van der Waals surface area contributed by atoms with Crippen molar-refractivity contribution in [3.8, 4) is 0 Å². The molecule has 0 bridgehead atoms. The number of piperazine rings is 1. The molecule has 3 heterocycles. The van der Waals surface area contributed by atoms with Gasteiger partial charge in [-0.05, 0) is 36.9 Å². The van der Waals surface area contributed by atoms with Gasteiger partial charge < -0.3 is 14.4 Å². The number of aromatic nitrogens is 1. The van der Waals surface area contributed by atoms with E-state index in [9.17, 15) is 0 Å². The Balaban J connectivity index is 1.76. The van der Waals surface area contributed by atoms with Crippen LogP contribution in [0.2, 0.25) is 0 Å². The lowest BCUT2D eigenvalue weighted by molar-refractivity contribution is 0.183. The van der Waals surface area contributed by atoms with Gasteiger partial charge in [0.1, 0.15) is 0 Å². The largest absolute Gasteiger partial charge is 0.367 e. The summed E-state index contributed by atoms with van der Waals surface area (Å²) in [7, 11) is 0. The molecule has 0 N–H and O–H groups in total. The maximum absolute atomic E-state index is 3.64. The van der Waals surface area contributed by atoms with E-state index in [4.69, 9.17) is 0 Å². The zero-order chi connectivity index (χ0) is 15.8. The maximum atomic E-state index is 3.64. The molecule has 2 aliphatic heterocycles. The molecule has 120 valence electrons. The summed E-state index contributed by atoms with van der Waals surface area (Å²) in [4.78, 5) is 6.38. The quantitative estimate of drug-likeness (QED) is 0.758. The molecule has 3 nitrogen and oxygen atoms in total. The molecule has 0 aliphatic carbocycles. The minimum absolute atomic E-state index is 1.09. The second kappa shape index (κ2) is 6.38. The molecule has 2 aliphatic rings. The molecule has 1 aromatic carbocycles. The van der Waals surface area contributed by atoms with Crippen LogP contribution in [0.4, 0.5) is 0 Å². The van der Waals surface area contributed by atoms with E-state index in [2.05, 4.69) is 79.9 Å². The highest BCUT2D eigenvalue weighted by Gasteiger charge is 2.23. The molecule has 0 radical (unpaired) electrons. The third-order valence-corrected chi connectivity index (χ3v) is 6.22. The van der Waals surface area contributed by atoms with Crippen LogP contribution in [0.3, 0.4) is 0 Å². The first-order valence-electron chi connectivity index (χ1n) is 8.08. The summed E-state index contributed by atoms with van der Waals surface area (Å²) in [6, 6.07) is 10.9. The maximum Gasteiger partial charge on any atom is 0.0838 e. The smallest absolute Gasteiger partial charge is 0.0838 e. The lowest BCUT2D eigenvalue weighted by atomic mass is 10.1. The molecular weight excluding hydrogens is 370 g/mol. The molecule has 4 rings (SSSR count). The first kappa shape index (κ1) is 15.4. The Kier molecular flexibility index (Phi) is 4.26. The minimum Gasteiger partial charge on any atom is -0.367 e. The standard InChI is InChI=1S/C18H20BrN3S/c1-2-20-8-10-21(11-9-20)16-13-22-7-3-4-18(22)23-17-6-5-14(19)12-15(16)17/h3-7,12-13H,2,8-11H2,1H3. The van der Waals surface area contributed by atoms with Gasteiger partial charge in [-0.2, -0.15) is 0 Å². The van der Waals surface area contributed by atoms with Crippen LogP contribution < -0.4 is 0 Å². The van der Waals surface area contributed by atoms with Crippen LogP contribution in [0.1, 0.15) is 12.5 Å². The molecule has 2 aromatic rings. The van der Waals surface area contributed by atoms with Crippen LogP contribution in [-0.2, 0) is 0 Å². The Morgan fingerprint density at radius 2 is 1.96 bits per heavy atom. The first-order valence-corrected chi connectivity index (χ1v) is 9.69. The van der Waals surface area contributed by atoms with Crippen molar-refractivity contribution in [2.75, 3.05) is 32.7 Å². The third kappa shape index (κ3) is 2.97. The van der Waals surface area contributed by atoms with E-state index in [1.165, 1.54) is 21.2 Å². The second-order valence-corrected chi connectivity index (χ2v) is 7.91. The summed E-state index contributed by atoms with van der Waals surface area (Å²) < 4.78 is 3.39. The Hall–Kier alpha value is -1.17. The molecule has 0 unspecified atom stereocenters. The van der Waals surface area contributed by atoms with E-state index in [-0.39, 0.29) is 0 Å². The van der Waals surface area contributed by atoms with Gasteiger partial charge in [0.2, 0.25) is 0 Å². The van der Waals surface area contributed by atoms with Gasteiger partial charge in [-0.25, -0.2) is 0 Å². The average molecular weight is 390 g/mol. The lowest BCUT2D eigenvalue weighted by Crippen LogP contribution is -2.45. The normalized spacial score (nSPS) is 18.2. The summed E-state index contributed by atoms with van der Waals surface area (Å²) in [6.45, 7) is 7.86. The molecule has 5 heteroatoms. The molecule has 1 aromatic heterocycles. The van der Waals surface area contributed by atoms with Crippen LogP contribution in [0.25, 0.3) is 11.9 Å². The fraction of sp³-hybridized carbons (Fsp3) is 0.333. The van der Waals surface area contributed by atoms with Crippen molar-refractivity contribution < 1.29 is 0 Å². The van der Waals surface area contributed by atoms with Crippen molar-refractivity contribution in [1.82, 2.24) is 14.4 Å². The fourth-order valence-electron chi connectivity index (χ4n) is 3.23. The number of halogens is 1. The van der Waals surface area contributed by atoms with E-state index in [0.717, 1.165) is 37.2 Å². The molecule has 0 saturated carbocycles. The summed E-state index contributed by atoms with van der Waals surface area (Å²) in [6.07, 6.45) is 4.44. The monoisotopic (exact) mass is 389 g/mol.